The fraction of sp³-hybridized carbons (Fsp3) is 0.571. The Kier molecular flexibility index (Phi) is 3.75. The lowest BCUT2D eigenvalue weighted by Crippen LogP contribution is -2.32. The van der Waals surface area contributed by atoms with E-state index in [0.29, 0.717) is 25.1 Å². The molecular formula is C14H18F2N2O2S. The average Bonchev–Trinajstić information content (AvgIpc) is 2.81. The van der Waals surface area contributed by atoms with Crippen LogP contribution in [0.5, 0.6) is 0 Å². The van der Waals surface area contributed by atoms with Crippen LogP contribution in [0.25, 0.3) is 0 Å². The predicted molar refractivity (Wildman–Crippen MR) is 73.9 cm³/mol. The van der Waals surface area contributed by atoms with Gasteiger partial charge in [-0.15, -0.1) is 0 Å². The molecule has 2 aliphatic rings. The molecule has 0 amide bonds. The highest BCUT2D eigenvalue weighted by molar-refractivity contribution is 7.89. The molecule has 3 atom stereocenters. The van der Waals surface area contributed by atoms with Gasteiger partial charge in [-0.2, -0.15) is 4.31 Å². The highest BCUT2D eigenvalue weighted by atomic mass is 32.2. The van der Waals surface area contributed by atoms with Gasteiger partial charge in [-0.05, 0) is 43.2 Å². The number of fused-ring (bicyclic) bond motifs is 1. The SMILES string of the molecule is NC1CC[C@@H]2CN(S(=O)(=O)c3ccc(F)cc3F)C[C@@H]2C1. The standard InChI is InChI=1S/C14H18F2N2O2S/c15-11-2-4-14(13(16)6-11)21(19,20)18-7-9-1-3-12(17)5-10(9)8-18/h2,4,6,9-10,12H,1,3,5,7-8,17H2/t9-,10+,12?/m1/s1. The van der Waals surface area contributed by atoms with Crippen LogP contribution in [0.2, 0.25) is 0 Å². The summed E-state index contributed by atoms with van der Waals surface area (Å²) in [6.07, 6.45) is 2.62. The first-order valence-electron chi connectivity index (χ1n) is 7.08. The number of hydrogen-bond donors (Lipinski definition) is 1. The first kappa shape index (κ1) is 14.9. The number of nitrogens with two attached hydrogens (primary N) is 1. The minimum Gasteiger partial charge on any atom is -0.328 e. The second-order valence-corrected chi connectivity index (χ2v) is 7.90. The Balaban J connectivity index is 1.86. The summed E-state index contributed by atoms with van der Waals surface area (Å²) in [5.41, 5.74) is 5.93. The number of benzene rings is 1. The summed E-state index contributed by atoms with van der Waals surface area (Å²) in [7, 11) is -3.91. The van der Waals surface area contributed by atoms with Crippen LogP contribution in [0, 0.1) is 23.5 Å². The Morgan fingerprint density at radius 2 is 1.86 bits per heavy atom. The molecular weight excluding hydrogens is 298 g/mol. The number of hydrogen-bond acceptors (Lipinski definition) is 3. The maximum atomic E-state index is 13.8. The highest BCUT2D eigenvalue weighted by Gasteiger charge is 2.42. The average molecular weight is 316 g/mol. The van der Waals surface area contributed by atoms with Crippen LogP contribution in [0.4, 0.5) is 8.78 Å². The van der Waals surface area contributed by atoms with Gasteiger partial charge >= 0.3 is 0 Å². The third kappa shape index (κ3) is 2.69. The summed E-state index contributed by atoms with van der Waals surface area (Å²) in [4.78, 5) is -0.452. The van der Waals surface area contributed by atoms with Crippen molar-refractivity contribution in [2.45, 2.75) is 30.2 Å². The van der Waals surface area contributed by atoms with E-state index in [-0.39, 0.29) is 12.0 Å². The lowest BCUT2D eigenvalue weighted by atomic mass is 9.79. The maximum absolute atomic E-state index is 13.8. The van der Waals surface area contributed by atoms with Gasteiger partial charge < -0.3 is 5.73 Å². The van der Waals surface area contributed by atoms with Crippen LogP contribution in [0.1, 0.15) is 19.3 Å². The van der Waals surface area contributed by atoms with Crippen LogP contribution in [0.3, 0.4) is 0 Å². The summed E-state index contributed by atoms with van der Waals surface area (Å²) >= 11 is 0. The van der Waals surface area contributed by atoms with Crippen LogP contribution < -0.4 is 5.73 Å². The van der Waals surface area contributed by atoms with E-state index in [9.17, 15) is 17.2 Å². The number of halogens is 2. The van der Waals surface area contributed by atoms with Gasteiger partial charge in [0.15, 0.2) is 0 Å². The van der Waals surface area contributed by atoms with Crippen LogP contribution in [-0.2, 0) is 10.0 Å². The molecule has 0 radical (unpaired) electrons. The Labute approximate surface area is 123 Å². The Hall–Kier alpha value is -1.05. The minimum atomic E-state index is -3.91. The lowest BCUT2D eigenvalue weighted by Gasteiger charge is -2.28. The molecule has 1 heterocycles. The first-order valence-corrected chi connectivity index (χ1v) is 8.52. The lowest BCUT2D eigenvalue weighted by molar-refractivity contribution is 0.271. The molecule has 0 aromatic heterocycles. The van der Waals surface area contributed by atoms with Gasteiger partial charge in [-0.1, -0.05) is 0 Å². The summed E-state index contributed by atoms with van der Waals surface area (Å²) in [5.74, 6) is -1.29. The van der Waals surface area contributed by atoms with E-state index in [1.165, 1.54) is 4.31 Å². The van der Waals surface area contributed by atoms with Gasteiger partial charge in [-0.25, -0.2) is 17.2 Å². The van der Waals surface area contributed by atoms with E-state index in [1.807, 2.05) is 0 Å². The van der Waals surface area contributed by atoms with Crippen molar-refractivity contribution in [1.29, 1.82) is 0 Å². The highest BCUT2D eigenvalue weighted by Crippen LogP contribution is 2.38. The quantitative estimate of drug-likeness (QED) is 0.903. The topological polar surface area (TPSA) is 63.4 Å². The molecule has 1 aliphatic heterocycles. The summed E-state index contributed by atoms with van der Waals surface area (Å²) in [6, 6.07) is 2.69. The fourth-order valence-corrected chi connectivity index (χ4v) is 5.04. The molecule has 7 heteroatoms. The van der Waals surface area contributed by atoms with E-state index in [2.05, 4.69) is 0 Å². The molecule has 1 aliphatic carbocycles. The van der Waals surface area contributed by atoms with Crippen molar-refractivity contribution in [1.82, 2.24) is 4.31 Å². The third-order valence-corrected chi connectivity index (χ3v) is 6.43. The van der Waals surface area contributed by atoms with Gasteiger partial charge in [0, 0.05) is 25.2 Å². The molecule has 4 nitrogen and oxygen atoms in total. The normalized spacial score (nSPS) is 30.3. The van der Waals surface area contributed by atoms with Crippen molar-refractivity contribution in [2.24, 2.45) is 17.6 Å². The summed E-state index contributed by atoms with van der Waals surface area (Å²) in [6.45, 7) is 0.772. The molecule has 1 saturated carbocycles. The monoisotopic (exact) mass is 316 g/mol. The van der Waals surface area contributed by atoms with Gasteiger partial charge in [0.05, 0.1) is 0 Å². The molecule has 21 heavy (non-hydrogen) atoms. The van der Waals surface area contributed by atoms with E-state index < -0.39 is 26.6 Å². The van der Waals surface area contributed by atoms with E-state index in [1.54, 1.807) is 0 Å². The smallest absolute Gasteiger partial charge is 0.246 e. The van der Waals surface area contributed by atoms with E-state index in [0.717, 1.165) is 31.4 Å². The summed E-state index contributed by atoms with van der Waals surface area (Å²) in [5, 5.41) is 0. The van der Waals surface area contributed by atoms with E-state index in [4.69, 9.17) is 5.73 Å². The van der Waals surface area contributed by atoms with Crippen molar-refractivity contribution in [3.05, 3.63) is 29.8 Å². The van der Waals surface area contributed by atoms with Gasteiger partial charge in [0.1, 0.15) is 16.5 Å². The summed E-state index contributed by atoms with van der Waals surface area (Å²) < 4.78 is 53.1. The molecule has 116 valence electrons. The van der Waals surface area contributed by atoms with Crippen LogP contribution in [0.15, 0.2) is 23.1 Å². The molecule has 1 unspecified atom stereocenters. The minimum absolute atomic E-state index is 0.122. The molecule has 0 bridgehead atoms. The first-order chi connectivity index (χ1) is 9.88. The molecule has 2 fully saturated rings. The second kappa shape index (κ2) is 5.30. The van der Waals surface area contributed by atoms with Crippen molar-refractivity contribution in [3.63, 3.8) is 0 Å². The van der Waals surface area contributed by atoms with E-state index >= 15 is 0 Å². The molecule has 2 N–H and O–H groups in total. The molecule has 1 aromatic rings. The number of rotatable bonds is 2. The van der Waals surface area contributed by atoms with Gasteiger partial charge in [0.2, 0.25) is 10.0 Å². The molecule has 1 saturated heterocycles. The van der Waals surface area contributed by atoms with Gasteiger partial charge in [0.25, 0.3) is 0 Å². The van der Waals surface area contributed by atoms with Crippen molar-refractivity contribution in [3.8, 4) is 0 Å². The number of nitrogens with zero attached hydrogens (tertiary/aromatic N) is 1. The Morgan fingerprint density at radius 3 is 2.57 bits per heavy atom. The van der Waals surface area contributed by atoms with Crippen LogP contribution in [-0.4, -0.2) is 31.9 Å². The fourth-order valence-electron chi connectivity index (χ4n) is 3.44. The largest absolute Gasteiger partial charge is 0.328 e. The Morgan fingerprint density at radius 1 is 1.14 bits per heavy atom. The molecule has 0 spiro atoms. The number of sulfonamides is 1. The van der Waals surface area contributed by atoms with Crippen molar-refractivity contribution >= 4 is 10.0 Å². The molecule has 3 rings (SSSR count). The van der Waals surface area contributed by atoms with Crippen LogP contribution >= 0.6 is 0 Å². The zero-order chi connectivity index (χ0) is 15.2. The zero-order valence-corrected chi connectivity index (χ0v) is 12.3. The van der Waals surface area contributed by atoms with Crippen molar-refractivity contribution in [2.75, 3.05) is 13.1 Å². The third-order valence-electron chi connectivity index (χ3n) is 4.57. The Bertz CT molecular complexity index is 650. The second-order valence-electron chi connectivity index (χ2n) is 5.99. The van der Waals surface area contributed by atoms with Crippen molar-refractivity contribution < 1.29 is 17.2 Å². The maximum Gasteiger partial charge on any atom is 0.246 e. The van der Waals surface area contributed by atoms with Gasteiger partial charge in [-0.3, -0.25) is 0 Å². The predicted octanol–water partition coefficient (Wildman–Crippen LogP) is 1.71. The molecule has 1 aromatic carbocycles. The zero-order valence-electron chi connectivity index (χ0n) is 11.5.